The summed E-state index contributed by atoms with van der Waals surface area (Å²) in [5, 5.41) is 5.26. The standard InChI is InChI=1S/C20H19ClN2O5S2/c1-27-17-8-3-13(11-18(17)28-2)16-12-29-20(22-16)23-19(24)9-10-30(25,26)15-6-4-14(21)5-7-15/h3-8,11-12H,9-10H2,1-2H3,(H,22,23,24). The lowest BCUT2D eigenvalue weighted by atomic mass is 10.1. The van der Waals surface area contributed by atoms with Gasteiger partial charge in [0.05, 0.1) is 30.6 Å². The van der Waals surface area contributed by atoms with E-state index in [2.05, 4.69) is 10.3 Å². The van der Waals surface area contributed by atoms with Gasteiger partial charge in [0.1, 0.15) is 0 Å². The summed E-state index contributed by atoms with van der Waals surface area (Å²) in [4.78, 5) is 16.7. The van der Waals surface area contributed by atoms with E-state index in [-0.39, 0.29) is 17.1 Å². The monoisotopic (exact) mass is 466 g/mol. The number of nitrogens with zero attached hydrogens (tertiary/aromatic N) is 1. The van der Waals surface area contributed by atoms with E-state index in [0.29, 0.717) is 27.3 Å². The van der Waals surface area contributed by atoms with Crippen LogP contribution < -0.4 is 14.8 Å². The van der Waals surface area contributed by atoms with Crippen LogP contribution in [0.2, 0.25) is 5.02 Å². The number of carbonyl (C=O) groups is 1. The second-order valence-corrected chi connectivity index (χ2v) is 9.58. The number of hydrogen-bond donors (Lipinski definition) is 1. The van der Waals surface area contributed by atoms with Crippen molar-refractivity contribution in [1.29, 1.82) is 0 Å². The van der Waals surface area contributed by atoms with Gasteiger partial charge in [-0.25, -0.2) is 13.4 Å². The third-order valence-corrected chi connectivity index (χ3v) is 6.94. The van der Waals surface area contributed by atoms with E-state index in [1.165, 1.54) is 35.6 Å². The van der Waals surface area contributed by atoms with Crippen LogP contribution in [0.25, 0.3) is 11.3 Å². The van der Waals surface area contributed by atoms with E-state index < -0.39 is 15.7 Å². The highest BCUT2D eigenvalue weighted by Crippen LogP contribution is 2.33. The lowest BCUT2D eigenvalue weighted by Gasteiger charge is -2.08. The Bertz CT molecular complexity index is 1140. The number of halogens is 1. The van der Waals surface area contributed by atoms with Gasteiger partial charge in [-0.2, -0.15) is 0 Å². The van der Waals surface area contributed by atoms with Crippen molar-refractivity contribution in [3.63, 3.8) is 0 Å². The van der Waals surface area contributed by atoms with Gasteiger partial charge in [-0.05, 0) is 42.5 Å². The molecule has 30 heavy (non-hydrogen) atoms. The molecular weight excluding hydrogens is 448 g/mol. The van der Waals surface area contributed by atoms with Crippen molar-refractivity contribution in [2.24, 2.45) is 0 Å². The minimum Gasteiger partial charge on any atom is -0.493 e. The molecule has 0 aliphatic carbocycles. The van der Waals surface area contributed by atoms with Crippen molar-refractivity contribution in [2.75, 3.05) is 25.3 Å². The minimum atomic E-state index is -3.58. The second-order valence-electron chi connectivity index (χ2n) is 6.18. The Morgan fingerprint density at radius 1 is 1.10 bits per heavy atom. The van der Waals surface area contributed by atoms with Crippen LogP contribution in [0.3, 0.4) is 0 Å². The van der Waals surface area contributed by atoms with E-state index >= 15 is 0 Å². The summed E-state index contributed by atoms with van der Waals surface area (Å²) in [6.45, 7) is 0. The number of methoxy groups -OCH3 is 2. The molecule has 0 fully saturated rings. The molecule has 0 saturated heterocycles. The largest absolute Gasteiger partial charge is 0.493 e. The van der Waals surface area contributed by atoms with E-state index in [4.69, 9.17) is 21.1 Å². The van der Waals surface area contributed by atoms with Gasteiger partial charge < -0.3 is 14.8 Å². The van der Waals surface area contributed by atoms with Crippen LogP contribution in [0.5, 0.6) is 11.5 Å². The maximum atomic E-state index is 12.3. The number of benzene rings is 2. The highest BCUT2D eigenvalue weighted by Gasteiger charge is 2.17. The average molecular weight is 467 g/mol. The average Bonchev–Trinajstić information content (AvgIpc) is 3.20. The predicted octanol–water partition coefficient (Wildman–Crippen LogP) is 4.28. The molecule has 1 N–H and O–H groups in total. The molecule has 1 aromatic heterocycles. The number of ether oxygens (including phenoxy) is 2. The molecule has 0 unspecified atom stereocenters. The highest BCUT2D eigenvalue weighted by molar-refractivity contribution is 7.91. The van der Waals surface area contributed by atoms with Crippen molar-refractivity contribution < 1.29 is 22.7 Å². The Hall–Kier alpha value is -2.62. The first kappa shape index (κ1) is 22.1. The number of anilines is 1. The quantitative estimate of drug-likeness (QED) is 0.532. The lowest BCUT2D eigenvalue weighted by molar-refractivity contribution is -0.115. The number of hydrogen-bond acceptors (Lipinski definition) is 7. The van der Waals surface area contributed by atoms with Crippen LogP contribution in [-0.2, 0) is 14.6 Å². The van der Waals surface area contributed by atoms with E-state index in [9.17, 15) is 13.2 Å². The smallest absolute Gasteiger partial charge is 0.227 e. The summed E-state index contributed by atoms with van der Waals surface area (Å²) in [5.41, 5.74) is 1.46. The number of nitrogens with one attached hydrogen (secondary N) is 1. The Labute approximate surface area is 183 Å². The maximum absolute atomic E-state index is 12.3. The summed E-state index contributed by atoms with van der Waals surface area (Å²) < 4.78 is 35.2. The molecule has 0 aliphatic rings. The molecule has 158 valence electrons. The Balaban J connectivity index is 1.63. The zero-order valence-electron chi connectivity index (χ0n) is 16.2. The Morgan fingerprint density at radius 2 is 1.80 bits per heavy atom. The fraction of sp³-hybridized carbons (Fsp3) is 0.200. The summed E-state index contributed by atoms with van der Waals surface area (Å²) in [7, 11) is -0.474. The van der Waals surface area contributed by atoms with Crippen molar-refractivity contribution in [3.05, 3.63) is 52.9 Å². The third kappa shape index (κ3) is 5.29. The highest BCUT2D eigenvalue weighted by atomic mass is 35.5. The first-order chi connectivity index (χ1) is 14.3. The van der Waals surface area contributed by atoms with Gasteiger partial charge in [-0.15, -0.1) is 11.3 Å². The van der Waals surface area contributed by atoms with Crippen molar-refractivity contribution in [2.45, 2.75) is 11.3 Å². The summed E-state index contributed by atoms with van der Waals surface area (Å²) >= 11 is 7.03. The molecule has 0 radical (unpaired) electrons. The van der Waals surface area contributed by atoms with Crippen LogP contribution in [0.15, 0.2) is 52.7 Å². The molecule has 0 aliphatic heterocycles. The van der Waals surface area contributed by atoms with Gasteiger partial charge in [0.2, 0.25) is 5.91 Å². The molecular formula is C20H19ClN2O5S2. The first-order valence-corrected chi connectivity index (χ1v) is 11.7. The zero-order chi connectivity index (χ0) is 21.7. The molecule has 2 aromatic carbocycles. The summed E-state index contributed by atoms with van der Waals surface area (Å²) in [6.07, 6.45) is -0.184. The number of aromatic nitrogens is 1. The van der Waals surface area contributed by atoms with Crippen LogP contribution >= 0.6 is 22.9 Å². The lowest BCUT2D eigenvalue weighted by Crippen LogP contribution is -2.17. The molecule has 0 bridgehead atoms. The molecule has 0 saturated carbocycles. The predicted molar refractivity (Wildman–Crippen MR) is 117 cm³/mol. The van der Waals surface area contributed by atoms with Crippen molar-refractivity contribution >= 4 is 43.8 Å². The SMILES string of the molecule is COc1ccc(-c2csc(NC(=O)CCS(=O)(=O)c3ccc(Cl)cc3)n2)cc1OC. The molecule has 0 spiro atoms. The molecule has 3 rings (SSSR count). The van der Waals surface area contributed by atoms with Gasteiger partial charge in [-0.1, -0.05) is 11.6 Å². The van der Waals surface area contributed by atoms with E-state index in [1.54, 1.807) is 31.7 Å². The number of carbonyl (C=O) groups excluding carboxylic acids is 1. The van der Waals surface area contributed by atoms with Gasteiger partial charge in [0, 0.05) is 22.4 Å². The van der Waals surface area contributed by atoms with E-state index in [1.807, 2.05) is 6.07 Å². The third-order valence-electron chi connectivity index (χ3n) is 4.20. The Morgan fingerprint density at radius 3 is 2.47 bits per heavy atom. The fourth-order valence-electron chi connectivity index (χ4n) is 2.63. The normalized spacial score (nSPS) is 11.2. The van der Waals surface area contributed by atoms with Gasteiger partial charge in [0.15, 0.2) is 26.5 Å². The topological polar surface area (TPSA) is 94.6 Å². The van der Waals surface area contributed by atoms with Crippen LogP contribution in [-0.4, -0.2) is 39.3 Å². The zero-order valence-corrected chi connectivity index (χ0v) is 18.6. The molecule has 1 amide bonds. The molecule has 1 heterocycles. The van der Waals surface area contributed by atoms with Crippen LogP contribution in [0, 0.1) is 0 Å². The van der Waals surface area contributed by atoms with Crippen molar-refractivity contribution in [3.8, 4) is 22.8 Å². The van der Waals surface area contributed by atoms with Crippen LogP contribution in [0.1, 0.15) is 6.42 Å². The Kier molecular flexibility index (Phi) is 6.96. The summed E-state index contributed by atoms with van der Waals surface area (Å²) in [6, 6.07) is 11.2. The number of thiazole rings is 1. The van der Waals surface area contributed by atoms with Gasteiger partial charge in [-0.3, -0.25) is 4.79 Å². The van der Waals surface area contributed by atoms with E-state index in [0.717, 1.165) is 5.56 Å². The molecule has 10 heteroatoms. The number of sulfone groups is 1. The van der Waals surface area contributed by atoms with Crippen LogP contribution in [0.4, 0.5) is 5.13 Å². The minimum absolute atomic E-state index is 0.129. The molecule has 0 atom stereocenters. The first-order valence-electron chi connectivity index (χ1n) is 8.78. The maximum Gasteiger partial charge on any atom is 0.227 e. The van der Waals surface area contributed by atoms with Gasteiger partial charge in [0.25, 0.3) is 0 Å². The number of rotatable bonds is 8. The molecule has 7 nitrogen and oxygen atoms in total. The fourth-order valence-corrected chi connectivity index (χ4v) is 4.73. The number of amides is 1. The molecule has 3 aromatic rings. The van der Waals surface area contributed by atoms with Crippen molar-refractivity contribution in [1.82, 2.24) is 4.98 Å². The summed E-state index contributed by atoms with van der Waals surface area (Å²) in [5.74, 6) is 0.433. The van der Waals surface area contributed by atoms with Gasteiger partial charge >= 0.3 is 0 Å². The second kappa shape index (κ2) is 9.46.